The van der Waals surface area contributed by atoms with Gasteiger partial charge in [0.1, 0.15) is 6.10 Å². The smallest absolute Gasteiger partial charge is 0.306 e. The van der Waals surface area contributed by atoms with Crippen LogP contribution in [0.2, 0.25) is 0 Å². The van der Waals surface area contributed by atoms with E-state index in [0.29, 0.717) is 18.7 Å². The summed E-state index contributed by atoms with van der Waals surface area (Å²) in [4.78, 5) is 53.3. The number of carbonyl (C=O) groups excluding carboxylic acids is 3. The number of aliphatic carboxylic acids is 1. The van der Waals surface area contributed by atoms with E-state index in [2.05, 4.69) is 6.92 Å². The van der Waals surface area contributed by atoms with E-state index in [1.807, 2.05) is 13.0 Å². The third-order valence-electron chi connectivity index (χ3n) is 9.67. The van der Waals surface area contributed by atoms with Gasteiger partial charge in [-0.2, -0.15) is 0 Å². The molecule has 0 amide bonds. The summed E-state index contributed by atoms with van der Waals surface area (Å²) < 4.78 is 11.2. The predicted molar refractivity (Wildman–Crippen MR) is 127 cm³/mol. The van der Waals surface area contributed by atoms with E-state index in [4.69, 9.17) is 19.6 Å². The van der Waals surface area contributed by atoms with E-state index >= 15 is 0 Å². The molecular formula is C27H33NO8. The van der Waals surface area contributed by atoms with Gasteiger partial charge in [0.2, 0.25) is 5.78 Å². The minimum absolute atomic E-state index is 0.0212. The van der Waals surface area contributed by atoms with Gasteiger partial charge in [0.05, 0.1) is 18.9 Å². The summed E-state index contributed by atoms with van der Waals surface area (Å²) >= 11 is 0. The Bertz CT molecular complexity index is 1120. The van der Waals surface area contributed by atoms with Crippen molar-refractivity contribution in [3.63, 3.8) is 0 Å². The van der Waals surface area contributed by atoms with Gasteiger partial charge in [-0.1, -0.05) is 25.5 Å². The molecule has 4 aliphatic carbocycles. The highest BCUT2D eigenvalue weighted by Gasteiger charge is 2.74. The lowest BCUT2D eigenvalue weighted by Crippen LogP contribution is -2.62. The molecule has 8 atom stereocenters. The number of aliphatic hydroxyl groups is 1. The number of fused-ring (bicyclic) bond motifs is 7. The largest absolute Gasteiger partial charge is 0.481 e. The van der Waals surface area contributed by atoms with Gasteiger partial charge in [0.25, 0.3) is 0 Å². The van der Waals surface area contributed by atoms with E-state index in [1.165, 1.54) is 0 Å². The first-order valence-corrected chi connectivity index (χ1v) is 12.7. The second-order valence-corrected chi connectivity index (χ2v) is 11.4. The van der Waals surface area contributed by atoms with Crippen molar-refractivity contribution in [1.82, 2.24) is 0 Å². The maximum Gasteiger partial charge on any atom is 0.306 e. The Morgan fingerprint density at radius 3 is 2.72 bits per heavy atom. The maximum absolute atomic E-state index is 13.8. The Morgan fingerprint density at radius 1 is 1.25 bits per heavy atom. The fourth-order valence-electron chi connectivity index (χ4n) is 8.23. The Hall–Kier alpha value is -2.81. The number of esters is 1. The number of ether oxygens (including phenoxy) is 2. The molecule has 5 rings (SSSR count). The second kappa shape index (κ2) is 8.36. The topological polar surface area (TPSA) is 140 Å². The van der Waals surface area contributed by atoms with Crippen LogP contribution in [-0.4, -0.2) is 64.0 Å². The zero-order chi connectivity index (χ0) is 26.0. The van der Waals surface area contributed by atoms with Crippen LogP contribution in [-0.2, 0) is 28.7 Å². The molecule has 9 nitrogen and oxygen atoms in total. The molecule has 36 heavy (non-hydrogen) atoms. The van der Waals surface area contributed by atoms with Gasteiger partial charge in [-0.05, 0) is 49.7 Å². The summed E-state index contributed by atoms with van der Waals surface area (Å²) in [5.41, 5.74) is -1.37. The molecule has 0 radical (unpaired) electrons. The number of carboxylic acid groups (broad SMARTS) is 1. The lowest BCUT2D eigenvalue weighted by molar-refractivity contribution is -0.157. The molecule has 0 aromatic heterocycles. The van der Waals surface area contributed by atoms with Crippen LogP contribution in [0.5, 0.6) is 0 Å². The van der Waals surface area contributed by atoms with Gasteiger partial charge >= 0.3 is 11.9 Å². The fraction of sp³-hybridized carbons (Fsp3) is 0.667. The van der Waals surface area contributed by atoms with E-state index in [0.717, 1.165) is 18.4 Å². The highest BCUT2D eigenvalue weighted by molar-refractivity contribution is 6.01. The Balaban J connectivity index is 1.45. The summed E-state index contributed by atoms with van der Waals surface area (Å²) in [6.07, 6.45) is 5.81. The minimum atomic E-state index is -1.28. The molecule has 1 aliphatic heterocycles. The highest BCUT2D eigenvalue weighted by Crippen LogP contribution is 2.69. The third-order valence-corrected chi connectivity index (χ3v) is 9.67. The molecule has 194 valence electrons. The van der Waals surface area contributed by atoms with Gasteiger partial charge < -0.3 is 19.7 Å². The number of rotatable bonds is 6. The summed E-state index contributed by atoms with van der Waals surface area (Å²) in [6.45, 7) is 5.28. The number of aliphatic hydroxyl groups excluding tert-OH is 1. The fourth-order valence-corrected chi connectivity index (χ4v) is 8.23. The third kappa shape index (κ3) is 3.42. The van der Waals surface area contributed by atoms with Gasteiger partial charge in [-0.25, -0.2) is 4.99 Å². The minimum Gasteiger partial charge on any atom is -0.481 e. The Kier molecular flexibility index (Phi) is 5.78. The number of Topliss-reactive ketones (excluding diaryl/α,β-unsaturated/α-hetero) is 1. The molecule has 1 heterocycles. The first kappa shape index (κ1) is 24.9. The lowest BCUT2D eigenvalue weighted by atomic mass is 9.46. The molecule has 0 spiro atoms. The first-order chi connectivity index (χ1) is 16.9. The van der Waals surface area contributed by atoms with E-state index in [1.54, 1.807) is 19.1 Å². The van der Waals surface area contributed by atoms with Crippen LogP contribution >= 0.6 is 0 Å². The van der Waals surface area contributed by atoms with Crippen LogP contribution in [0.3, 0.4) is 0 Å². The van der Waals surface area contributed by atoms with Crippen molar-refractivity contribution < 1.29 is 38.9 Å². The van der Waals surface area contributed by atoms with Crippen LogP contribution in [0.15, 0.2) is 28.8 Å². The van der Waals surface area contributed by atoms with Gasteiger partial charge in [-0.3, -0.25) is 19.2 Å². The quantitative estimate of drug-likeness (QED) is 0.531. The Morgan fingerprint density at radius 2 is 2.00 bits per heavy atom. The molecule has 9 heteroatoms. The van der Waals surface area contributed by atoms with Gasteiger partial charge in [-0.15, -0.1) is 0 Å². The van der Waals surface area contributed by atoms with E-state index in [-0.39, 0.29) is 42.2 Å². The number of nitrogens with zero attached hydrogens (tertiary/aromatic N) is 1. The van der Waals surface area contributed by atoms with Gasteiger partial charge in [0, 0.05) is 23.7 Å². The lowest BCUT2D eigenvalue weighted by Gasteiger charge is -2.59. The monoisotopic (exact) mass is 499 g/mol. The average molecular weight is 500 g/mol. The number of carboxylic acids is 1. The number of ketones is 2. The standard InChI is InChI=1S/C27H33NO8/c1-14-28-27(20(31)13-35-23(34)7-6-22(32)33)21(36-14)11-18-17-5-4-15-10-16(29)8-9-25(15,2)24(17)19(30)12-26(18,27)3/h8-10,17-19,21,24,30H,4-7,11-13H2,1-3H3,(H,32,33)/t17-,18-,19-,21+,24+,25-,26-,27+/m0/s1. The van der Waals surface area contributed by atoms with Crippen molar-refractivity contribution in [1.29, 1.82) is 0 Å². The summed E-state index contributed by atoms with van der Waals surface area (Å²) in [5, 5.41) is 20.4. The molecule has 3 fully saturated rings. The maximum atomic E-state index is 13.8. The highest BCUT2D eigenvalue weighted by atomic mass is 16.5. The van der Waals surface area contributed by atoms with E-state index < -0.39 is 47.1 Å². The van der Waals surface area contributed by atoms with Crippen molar-refractivity contribution in [2.45, 2.75) is 77.0 Å². The zero-order valence-corrected chi connectivity index (χ0v) is 20.9. The summed E-state index contributed by atoms with van der Waals surface area (Å²) in [7, 11) is 0. The van der Waals surface area contributed by atoms with Gasteiger partial charge in [0.15, 0.2) is 23.8 Å². The van der Waals surface area contributed by atoms with Crippen molar-refractivity contribution in [3.05, 3.63) is 23.8 Å². The van der Waals surface area contributed by atoms with Crippen LogP contribution in [0.25, 0.3) is 0 Å². The van der Waals surface area contributed by atoms with Crippen molar-refractivity contribution in [2.24, 2.45) is 33.6 Å². The molecule has 0 aromatic carbocycles. The Labute approximate surface area is 209 Å². The zero-order valence-electron chi connectivity index (χ0n) is 20.9. The summed E-state index contributed by atoms with van der Waals surface area (Å²) in [5.74, 6) is -1.81. The van der Waals surface area contributed by atoms with Crippen molar-refractivity contribution in [3.8, 4) is 0 Å². The number of aliphatic imine (C=N–C) groups is 1. The van der Waals surface area contributed by atoms with Crippen molar-refractivity contribution in [2.75, 3.05) is 6.61 Å². The normalized spacial score (nSPS) is 42.2. The van der Waals surface area contributed by atoms with Crippen molar-refractivity contribution >= 4 is 29.4 Å². The molecule has 2 N–H and O–H groups in total. The molecule has 3 saturated carbocycles. The van der Waals surface area contributed by atoms with Crippen LogP contribution in [0.1, 0.15) is 59.3 Å². The number of hydrogen-bond acceptors (Lipinski definition) is 8. The van der Waals surface area contributed by atoms with Crippen LogP contribution in [0, 0.1) is 28.6 Å². The second-order valence-electron chi connectivity index (χ2n) is 11.4. The van der Waals surface area contributed by atoms with Crippen LogP contribution < -0.4 is 0 Å². The van der Waals surface area contributed by atoms with Crippen LogP contribution in [0.4, 0.5) is 0 Å². The first-order valence-electron chi connectivity index (χ1n) is 12.7. The average Bonchev–Trinajstić information content (AvgIpc) is 3.26. The number of carbonyl (C=O) groups is 4. The molecule has 5 aliphatic rings. The molecular weight excluding hydrogens is 466 g/mol. The number of allylic oxidation sites excluding steroid dienone is 4. The van der Waals surface area contributed by atoms with E-state index in [9.17, 15) is 24.3 Å². The molecule has 0 aromatic rings. The number of hydrogen-bond donors (Lipinski definition) is 2. The SMILES string of the molecule is CC1=N[C@]2(C(=O)COC(=O)CCC(=O)O)[C@@H](C[C@H]3[C@@H]4CCC5=CC(=O)C=C[C@]5(C)[C@H]4[C@@H](O)C[C@@]32C)O1. The molecule has 0 bridgehead atoms. The molecule has 0 saturated heterocycles. The predicted octanol–water partition coefficient (Wildman–Crippen LogP) is 2.41. The molecule has 0 unspecified atom stereocenters. The summed E-state index contributed by atoms with van der Waals surface area (Å²) in [6, 6.07) is 0.